The minimum absolute atomic E-state index is 0.0663. The van der Waals surface area contributed by atoms with E-state index in [1.807, 2.05) is 31.2 Å². The second kappa shape index (κ2) is 8.63. The number of aromatic nitrogens is 1. The highest BCUT2D eigenvalue weighted by molar-refractivity contribution is 7.22. The molecular formula is C27H21FN2O4S. The first-order valence-electron chi connectivity index (χ1n) is 10.9. The average molecular weight is 489 g/mol. The summed E-state index contributed by atoms with van der Waals surface area (Å²) in [6.07, 6.45) is 0. The summed E-state index contributed by atoms with van der Waals surface area (Å²) < 4.78 is 19.9. The van der Waals surface area contributed by atoms with Crippen molar-refractivity contribution in [3.8, 4) is 5.75 Å². The third kappa shape index (κ3) is 3.85. The predicted octanol–water partition coefficient (Wildman–Crippen LogP) is 5.69. The number of amides is 1. The van der Waals surface area contributed by atoms with E-state index >= 15 is 0 Å². The number of benzene rings is 3. The number of halogens is 1. The number of nitrogens with zero attached hydrogens (tertiary/aromatic N) is 2. The smallest absolute Gasteiger partial charge is 0.301 e. The van der Waals surface area contributed by atoms with E-state index in [1.165, 1.54) is 34.4 Å². The third-order valence-corrected chi connectivity index (χ3v) is 7.04. The number of carbonyl (C=O) groups excluding carboxylic acids is 2. The summed E-state index contributed by atoms with van der Waals surface area (Å²) in [7, 11) is 1.57. The number of rotatable bonds is 4. The zero-order valence-electron chi connectivity index (χ0n) is 19.2. The number of fused-ring (bicyclic) bond motifs is 1. The van der Waals surface area contributed by atoms with Crippen LogP contribution in [0.5, 0.6) is 5.75 Å². The van der Waals surface area contributed by atoms with Gasteiger partial charge in [-0.1, -0.05) is 41.2 Å². The van der Waals surface area contributed by atoms with Gasteiger partial charge in [0.2, 0.25) is 0 Å². The Morgan fingerprint density at radius 1 is 1.09 bits per heavy atom. The highest BCUT2D eigenvalue weighted by Gasteiger charge is 2.48. The van der Waals surface area contributed by atoms with E-state index in [1.54, 1.807) is 32.2 Å². The summed E-state index contributed by atoms with van der Waals surface area (Å²) in [5.41, 5.74) is 2.75. The Kier molecular flexibility index (Phi) is 5.61. The molecular weight excluding hydrogens is 467 g/mol. The zero-order valence-corrected chi connectivity index (χ0v) is 20.0. The first kappa shape index (κ1) is 22.7. The van der Waals surface area contributed by atoms with Crippen LogP contribution in [-0.4, -0.2) is 28.9 Å². The van der Waals surface area contributed by atoms with Gasteiger partial charge in [-0.25, -0.2) is 9.37 Å². The molecule has 1 unspecified atom stereocenters. The third-order valence-electron chi connectivity index (χ3n) is 6.02. The maximum atomic E-state index is 13.9. The van der Waals surface area contributed by atoms with Crippen LogP contribution in [0.3, 0.4) is 0 Å². The van der Waals surface area contributed by atoms with E-state index in [-0.39, 0.29) is 16.9 Å². The molecule has 1 aliphatic rings. The highest BCUT2D eigenvalue weighted by Crippen LogP contribution is 2.44. The Hall–Kier alpha value is -4.04. The van der Waals surface area contributed by atoms with Crippen molar-refractivity contribution in [2.45, 2.75) is 19.9 Å². The summed E-state index contributed by atoms with van der Waals surface area (Å²) in [4.78, 5) is 32.6. The van der Waals surface area contributed by atoms with Crippen LogP contribution >= 0.6 is 11.3 Å². The Balaban J connectivity index is 1.73. The fourth-order valence-electron chi connectivity index (χ4n) is 4.26. The second-order valence-corrected chi connectivity index (χ2v) is 9.39. The van der Waals surface area contributed by atoms with Gasteiger partial charge in [-0.15, -0.1) is 0 Å². The topological polar surface area (TPSA) is 79.7 Å². The molecule has 5 rings (SSSR count). The number of aryl methyl sites for hydroxylation is 2. The van der Waals surface area contributed by atoms with Crippen molar-refractivity contribution in [1.29, 1.82) is 0 Å². The van der Waals surface area contributed by atoms with E-state index < -0.39 is 23.5 Å². The standard InChI is InChI=1S/C27H21FN2O4S/c1-14-5-4-6-16(11-14)23-22(24(31)17-7-9-19(28)15(2)12-17)25(32)26(33)30(23)27-29-20-10-8-18(34-3)13-21(20)35-27/h4-13,23,31H,1-3H3/b24-22+. The normalized spacial score (nSPS) is 17.4. The van der Waals surface area contributed by atoms with Gasteiger partial charge in [0.1, 0.15) is 17.3 Å². The average Bonchev–Trinajstić information content (AvgIpc) is 3.38. The molecule has 6 nitrogen and oxygen atoms in total. The van der Waals surface area contributed by atoms with Crippen molar-refractivity contribution in [3.63, 3.8) is 0 Å². The molecule has 0 saturated carbocycles. The molecule has 0 bridgehead atoms. The maximum absolute atomic E-state index is 13.9. The van der Waals surface area contributed by atoms with Crippen molar-refractivity contribution < 1.29 is 23.8 Å². The molecule has 4 aromatic rings. The Morgan fingerprint density at radius 2 is 1.89 bits per heavy atom. The molecule has 1 fully saturated rings. The van der Waals surface area contributed by atoms with Gasteiger partial charge in [-0.05, 0) is 61.4 Å². The number of aliphatic hydroxyl groups is 1. The number of thiazole rings is 1. The largest absolute Gasteiger partial charge is 0.507 e. The molecule has 176 valence electrons. The van der Waals surface area contributed by atoms with E-state index in [9.17, 15) is 19.1 Å². The molecule has 1 aromatic heterocycles. The van der Waals surface area contributed by atoms with Crippen LogP contribution in [0, 0.1) is 19.7 Å². The monoisotopic (exact) mass is 488 g/mol. The lowest BCUT2D eigenvalue weighted by Crippen LogP contribution is -2.29. The number of hydrogen-bond acceptors (Lipinski definition) is 6. The quantitative estimate of drug-likeness (QED) is 0.227. The van der Waals surface area contributed by atoms with Gasteiger partial charge in [0.05, 0.1) is 28.9 Å². The molecule has 35 heavy (non-hydrogen) atoms. The lowest BCUT2D eigenvalue weighted by Gasteiger charge is -2.23. The van der Waals surface area contributed by atoms with Crippen LogP contribution in [-0.2, 0) is 9.59 Å². The number of hydrogen-bond donors (Lipinski definition) is 1. The maximum Gasteiger partial charge on any atom is 0.301 e. The minimum Gasteiger partial charge on any atom is -0.507 e. The fourth-order valence-corrected chi connectivity index (χ4v) is 5.28. The van der Waals surface area contributed by atoms with Crippen LogP contribution in [0.2, 0.25) is 0 Å². The van der Waals surface area contributed by atoms with Crippen molar-refractivity contribution in [1.82, 2.24) is 4.98 Å². The van der Waals surface area contributed by atoms with Gasteiger partial charge in [-0.3, -0.25) is 14.5 Å². The first-order valence-corrected chi connectivity index (χ1v) is 11.7. The van der Waals surface area contributed by atoms with E-state index in [2.05, 4.69) is 4.98 Å². The molecule has 3 aromatic carbocycles. The summed E-state index contributed by atoms with van der Waals surface area (Å²) in [5.74, 6) is -1.75. The lowest BCUT2D eigenvalue weighted by atomic mass is 9.94. The van der Waals surface area contributed by atoms with Crippen molar-refractivity contribution in [2.75, 3.05) is 12.0 Å². The van der Waals surface area contributed by atoms with E-state index in [0.29, 0.717) is 27.5 Å². The summed E-state index contributed by atoms with van der Waals surface area (Å²) in [6.45, 7) is 3.47. The van der Waals surface area contributed by atoms with Gasteiger partial charge < -0.3 is 9.84 Å². The molecule has 0 aliphatic carbocycles. The van der Waals surface area contributed by atoms with Gasteiger partial charge in [0.25, 0.3) is 5.78 Å². The lowest BCUT2D eigenvalue weighted by molar-refractivity contribution is -0.132. The molecule has 1 saturated heterocycles. The van der Waals surface area contributed by atoms with Crippen LogP contribution in [0.4, 0.5) is 9.52 Å². The SMILES string of the molecule is COc1ccc2nc(N3C(=O)C(=O)/C(=C(/O)c4ccc(F)c(C)c4)C3c3cccc(C)c3)sc2c1. The summed E-state index contributed by atoms with van der Waals surface area (Å²) in [6, 6.07) is 15.9. The van der Waals surface area contributed by atoms with Crippen LogP contribution in [0.15, 0.2) is 66.2 Å². The van der Waals surface area contributed by atoms with E-state index in [4.69, 9.17) is 4.74 Å². The minimum atomic E-state index is -0.900. The van der Waals surface area contributed by atoms with Crippen molar-refractivity contribution in [3.05, 3.63) is 94.3 Å². The van der Waals surface area contributed by atoms with Gasteiger partial charge in [-0.2, -0.15) is 0 Å². The van der Waals surface area contributed by atoms with Crippen LogP contribution < -0.4 is 9.64 Å². The second-order valence-electron chi connectivity index (χ2n) is 8.38. The van der Waals surface area contributed by atoms with Crippen molar-refractivity contribution in [2.24, 2.45) is 0 Å². The van der Waals surface area contributed by atoms with Gasteiger partial charge in [0, 0.05) is 5.56 Å². The summed E-state index contributed by atoms with van der Waals surface area (Å²) >= 11 is 1.25. The molecule has 0 radical (unpaired) electrons. The van der Waals surface area contributed by atoms with E-state index in [0.717, 1.165) is 10.3 Å². The molecule has 0 spiro atoms. The zero-order chi connectivity index (χ0) is 24.9. The number of carbonyl (C=O) groups is 2. The molecule has 1 aliphatic heterocycles. The Labute approximate surface area is 204 Å². The number of ketones is 1. The van der Waals surface area contributed by atoms with Crippen LogP contribution in [0.25, 0.3) is 16.0 Å². The fraction of sp³-hybridized carbons (Fsp3) is 0.148. The molecule has 8 heteroatoms. The van der Waals surface area contributed by atoms with Gasteiger partial charge in [0.15, 0.2) is 5.13 Å². The predicted molar refractivity (Wildman–Crippen MR) is 133 cm³/mol. The molecule has 1 N–H and O–H groups in total. The number of methoxy groups -OCH3 is 1. The number of Topliss-reactive ketones (excluding diaryl/α,β-unsaturated/α-hetero) is 1. The Morgan fingerprint density at radius 3 is 2.60 bits per heavy atom. The Bertz CT molecular complexity index is 1540. The summed E-state index contributed by atoms with van der Waals surface area (Å²) in [5, 5.41) is 11.6. The van der Waals surface area contributed by atoms with Crippen LogP contribution in [0.1, 0.15) is 28.3 Å². The number of aliphatic hydroxyl groups excluding tert-OH is 1. The van der Waals surface area contributed by atoms with Crippen molar-refractivity contribution >= 4 is 44.1 Å². The molecule has 1 amide bonds. The van der Waals surface area contributed by atoms with Gasteiger partial charge >= 0.3 is 5.91 Å². The molecule has 1 atom stereocenters. The number of anilines is 1. The molecule has 2 heterocycles. The first-order chi connectivity index (χ1) is 16.8. The highest BCUT2D eigenvalue weighted by atomic mass is 32.1. The number of ether oxygens (including phenoxy) is 1.